The fraction of sp³-hybridized carbons (Fsp3) is 0.500. The summed E-state index contributed by atoms with van der Waals surface area (Å²) in [6.07, 6.45) is 6.44. The number of aliphatic hydroxyl groups is 1. The molecular formula is C12H15N3O. The van der Waals surface area contributed by atoms with Crippen LogP contribution in [0.2, 0.25) is 0 Å². The maximum Gasteiger partial charge on any atom is 0.156 e. The van der Waals surface area contributed by atoms with Gasteiger partial charge in [0.15, 0.2) is 5.65 Å². The molecular weight excluding hydrogens is 202 g/mol. The van der Waals surface area contributed by atoms with E-state index in [1.54, 1.807) is 16.9 Å². The molecule has 2 atom stereocenters. The fourth-order valence-corrected chi connectivity index (χ4v) is 2.47. The molecule has 1 fully saturated rings. The SMILES string of the molecule is CC(C)(O)[C@H]1C[C@@H]1c1ccnn2ccnc12. The zero-order valence-electron chi connectivity index (χ0n) is 9.46. The van der Waals surface area contributed by atoms with Crippen LogP contribution in [0.4, 0.5) is 0 Å². The maximum absolute atomic E-state index is 9.97. The van der Waals surface area contributed by atoms with E-state index in [-0.39, 0.29) is 0 Å². The van der Waals surface area contributed by atoms with Gasteiger partial charge in [0.2, 0.25) is 0 Å². The lowest BCUT2D eigenvalue weighted by molar-refractivity contribution is 0.0546. The summed E-state index contributed by atoms with van der Waals surface area (Å²) in [7, 11) is 0. The second-order valence-corrected chi connectivity index (χ2v) is 5.08. The molecule has 1 aliphatic carbocycles. The molecule has 16 heavy (non-hydrogen) atoms. The van der Waals surface area contributed by atoms with E-state index in [2.05, 4.69) is 10.1 Å². The highest BCUT2D eigenvalue weighted by Gasteiger charge is 2.48. The monoisotopic (exact) mass is 217 g/mol. The molecule has 4 heteroatoms. The van der Waals surface area contributed by atoms with Gasteiger partial charge in [0.1, 0.15) is 0 Å². The molecule has 0 amide bonds. The zero-order chi connectivity index (χ0) is 11.3. The highest BCUT2D eigenvalue weighted by Crippen LogP contribution is 2.53. The van der Waals surface area contributed by atoms with Crippen molar-refractivity contribution in [2.24, 2.45) is 5.92 Å². The minimum absolute atomic E-state index is 0.343. The first-order valence-corrected chi connectivity index (χ1v) is 5.58. The molecule has 4 nitrogen and oxygen atoms in total. The van der Waals surface area contributed by atoms with Gasteiger partial charge in [-0.15, -0.1) is 0 Å². The molecule has 0 bridgehead atoms. The summed E-state index contributed by atoms with van der Waals surface area (Å²) in [5, 5.41) is 14.2. The molecule has 0 unspecified atom stereocenters. The molecule has 3 rings (SSSR count). The third kappa shape index (κ3) is 1.41. The molecule has 0 aliphatic heterocycles. The van der Waals surface area contributed by atoms with Crippen molar-refractivity contribution in [2.45, 2.75) is 31.8 Å². The normalized spacial score (nSPS) is 24.9. The smallest absolute Gasteiger partial charge is 0.156 e. The minimum atomic E-state index is -0.600. The van der Waals surface area contributed by atoms with E-state index in [4.69, 9.17) is 0 Å². The van der Waals surface area contributed by atoms with Crippen molar-refractivity contribution in [3.8, 4) is 0 Å². The molecule has 1 N–H and O–H groups in total. The fourth-order valence-electron chi connectivity index (χ4n) is 2.47. The number of fused-ring (bicyclic) bond motifs is 1. The van der Waals surface area contributed by atoms with E-state index >= 15 is 0 Å². The molecule has 2 heterocycles. The van der Waals surface area contributed by atoms with Gasteiger partial charge in [-0.2, -0.15) is 5.10 Å². The van der Waals surface area contributed by atoms with Gasteiger partial charge in [0.25, 0.3) is 0 Å². The van der Waals surface area contributed by atoms with E-state index in [0.29, 0.717) is 11.8 Å². The molecule has 0 radical (unpaired) electrons. The number of imidazole rings is 1. The van der Waals surface area contributed by atoms with Gasteiger partial charge >= 0.3 is 0 Å². The van der Waals surface area contributed by atoms with Gasteiger partial charge in [0, 0.05) is 24.2 Å². The van der Waals surface area contributed by atoms with Gasteiger partial charge in [-0.05, 0) is 38.2 Å². The summed E-state index contributed by atoms with van der Waals surface area (Å²) in [5.41, 5.74) is 1.52. The predicted molar refractivity (Wildman–Crippen MR) is 60.1 cm³/mol. The molecule has 1 saturated carbocycles. The zero-order valence-corrected chi connectivity index (χ0v) is 9.46. The van der Waals surface area contributed by atoms with Crippen molar-refractivity contribution < 1.29 is 5.11 Å². The Hall–Kier alpha value is -1.42. The lowest BCUT2D eigenvalue weighted by Gasteiger charge is -2.16. The Morgan fingerprint density at radius 2 is 2.25 bits per heavy atom. The third-order valence-corrected chi connectivity index (χ3v) is 3.42. The Labute approximate surface area is 93.9 Å². The molecule has 2 aromatic rings. The van der Waals surface area contributed by atoms with E-state index in [0.717, 1.165) is 12.1 Å². The van der Waals surface area contributed by atoms with Crippen LogP contribution in [-0.4, -0.2) is 25.3 Å². The number of nitrogens with zero attached hydrogens (tertiary/aromatic N) is 3. The van der Waals surface area contributed by atoms with Gasteiger partial charge in [-0.1, -0.05) is 0 Å². The number of hydrogen-bond acceptors (Lipinski definition) is 3. The Bertz CT molecular complexity index is 526. The highest BCUT2D eigenvalue weighted by molar-refractivity contribution is 5.50. The highest BCUT2D eigenvalue weighted by atomic mass is 16.3. The first-order chi connectivity index (χ1) is 7.57. The molecule has 0 spiro atoms. The van der Waals surface area contributed by atoms with E-state index < -0.39 is 5.60 Å². The van der Waals surface area contributed by atoms with Crippen molar-refractivity contribution in [3.05, 3.63) is 30.2 Å². The van der Waals surface area contributed by atoms with Gasteiger partial charge in [-0.25, -0.2) is 9.50 Å². The summed E-state index contributed by atoms with van der Waals surface area (Å²) >= 11 is 0. The van der Waals surface area contributed by atoms with E-state index in [1.807, 2.05) is 26.1 Å². The van der Waals surface area contributed by atoms with Crippen molar-refractivity contribution in [2.75, 3.05) is 0 Å². The predicted octanol–water partition coefficient (Wildman–Crippen LogP) is 1.60. The average Bonchev–Trinajstić information content (AvgIpc) is 2.88. The van der Waals surface area contributed by atoms with Crippen LogP contribution in [0.25, 0.3) is 5.65 Å². The average molecular weight is 217 g/mol. The van der Waals surface area contributed by atoms with Crippen LogP contribution in [0.15, 0.2) is 24.7 Å². The Balaban J connectivity index is 2.00. The Morgan fingerprint density at radius 1 is 1.44 bits per heavy atom. The number of rotatable bonds is 2. The third-order valence-electron chi connectivity index (χ3n) is 3.42. The van der Waals surface area contributed by atoms with Crippen LogP contribution in [-0.2, 0) is 0 Å². The quantitative estimate of drug-likeness (QED) is 0.831. The summed E-state index contributed by atoms with van der Waals surface area (Å²) in [5.74, 6) is 0.767. The van der Waals surface area contributed by atoms with Crippen molar-refractivity contribution >= 4 is 5.65 Å². The van der Waals surface area contributed by atoms with E-state index in [9.17, 15) is 5.11 Å². The van der Waals surface area contributed by atoms with Crippen molar-refractivity contribution in [1.29, 1.82) is 0 Å². The largest absolute Gasteiger partial charge is 0.390 e. The minimum Gasteiger partial charge on any atom is -0.390 e. The second-order valence-electron chi connectivity index (χ2n) is 5.08. The molecule has 0 aromatic carbocycles. The molecule has 1 aliphatic rings. The summed E-state index contributed by atoms with van der Waals surface area (Å²) in [6, 6.07) is 2.01. The summed E-state index contributed by atoms with van der Waals surface area (Å²) < 4.78 is 1.79. The first kappa shape index (κ1) is 9.78. The van der Waals surface area contributed by atoms with Crippen LogP contribution in [0.1, 0.15) is 31.7 Å². The summed E-state index contributed by atoms with van der Waals surface area (Å²) in [4.78, 5) is 4.32. The van der Waals surface area contributed by atoms with Crippen LogP contribution in [0.5, 0.6) is 0 Å². The first-order valence-electron chi connectivity index (χ1n) is 5.58. The van der Waals surface area contributed by atoms with Crippen molar-refractivity contribution in [1.82, 2.24) is 14.6 Å². The lowest BCUT2D eigenvalue weighted by Crippen LogP contribution is -2.22. The Morgan fingerprint density at radius 3 is 2.94 bits per heavy atom. The maximum atomic E-state index is 9.97. The number of hydrogen-bond donors (Lipinski definition) is 1. The Kier molecular flexibility index (Phi) is 1.86. The molecule has 0 saturated heterocycles. The van der Waals surface area contributed by atoms with E-state index in [1.165, 1.54) is 5.56 Å². The lowest BCUT2D eigenvalue weighted by atomic mass is 9.99. The van der Waals surface area contributed by atoms with Crippen LogP contribution >= 0.6 is 0 Å². The van der Waals surface area contributed by atoms with Gasteiger partial charge < -0.3 is 5.11 Å². The molecule has 84 valence electrons. The van der Waals surface area contributed by atoms with Crippen LogP contribution in [0.3, 0.4) is 0 Å². The van der Waals surface area contributed by atoms with Gasteiger partial charge in [-0.3, -0.25) is 0 Å². The van der Waals surface area contributed by atoms with Crippen LogP contribution in [0, 0.1) is 5.92 Å². The number of aromatic nitrogens is 3. The second kappa shape index (κ2) is 3.04. The summed E-state index contributed by atoms with van der Waals surface area (Å²) in [6.45, 7) is 3.75. The van der Waals surface area contributed by atoms with Crippen LogP contribution < -0.4 is 0 Å². The topological polar surface area (TPSA) is 50.4 Å². The molecule has 2 aromatic heterocycles. The standard InChI is InChI=1S/C12H15N3O/c1-12(2,16)10-7-9(10)8-3-4-14-15-6-5-13-11(8)15/h3-6,9-10,16H,7H2,1-2H3/t9-,10+/m1/s1. The van der Waals surface area contributed by atoms with Gasteiger partial charge in [0.05, 0.1) is 5.60 Å². The van der Waals surface area contributed by atoms with Crippen molar-refractivity contribution in [3.63, 3.8) is 0 Å².